The zero-order valence-electron chi connectivity index (χ0n) is 9.17. The molecule has 0 spiro atoms. The molecule has 0 aromatic carbocycles. The average Bonchev–Trinajstić information content (AvgIpc) is 2.53. The van der Waals surface area contributed by atoms with Gasteiger partial charge < -0.3 is 10.8 Å². The number of hydrogen-bond donors (Lipinski definition) is 3. The lowest BCUT2D eigenvalue weighted by Gasteiger charge is -2.34. The number of carboxylic acid groups (broad SMARTS) is 1. The molecule has 5 heteroatoms. The van der Waals surface area contributed by atoms with Crippen molar-refractivity contribution >= 4 is 11.9 Å². The van der Waals surface area contributed by atoms with Crippen molar-refractivity contribution in [3.8, 4) is 0 Å². The predicted octanol–water partition coefficient (Wildman–Crippen LogP) is 0.237. The van der Waals surface area contributed by atoms with E-state index in [0.717, 1.165) is 12.8 Å². The van der Waals surface area contributed by atoms with E-state index in [1.54, 1.807) is 13.8 Å². The Morgan fingerprint density at radius 1 is 1.33 bits per heavy atom. The van der Waals surface area contributed by atoms with Crippen molar-refractivity contribution in [3.05, 3.63) is 0 Å². The van der Waals surface area contributed by atoms with Crippen molar-refractivity contribution in [3.63, 3.8) is 0 Å². The average molecular weight is 214 g/mol. The van der Waals surface area contributed by atoms with Crippen LogP contribution in [0, 0.1) is 0 Å². The number of aliphatic carboxylic acids is 1. The number of primary amides is 1. The summed E-state index contributed by atoms with van der Waals surface area (Å²) in [6, 6.07) is 0. The van der Waals surface area contributed by atoms with Gasteiger partial charge in [-0.3, -0.25) is 14.9 Å². The largest absolute Gasteiger partial charge is 0.480 e. The molecule has 0 radical (unpaired) electrons. The van der Waals surface area contributed by atoms with Crippen LogP contribution in [0.1, 0.15) is 39.5 Å². The smallest absolute Gasteiger partial charge is 0.323 e. The lowest BCUT2D eigenvalue weighted by atomic mass is 9.92. The molecule has 5 nitrogen and oxygen atoms in total. The van der Waals surface area contributed by atoms with E-state index in [1.165, 1.54) is 0 Å². The molecule has 1 aliphatic rings. The number of nitrogens with two attached hydrogens (primary N) is 1. The van der Waals surface area contributed by atoms with Crippen LogP contribution in [-0.2, 0) is 9.59 Å². The number of carboxylic acids is 1. The number of carbonyl (C=O) groups excluding carboxylic acids is 1. The summed E-state index contributed by atoms with van der Waals surface area (Å²) in [6.07, 6.45) is 2.85. The Kier molecular flexibility index (Phi) is 3.04. The number of hydrogen-bond acceptors (Lipinski definition) is 3. The number of amides is 1. The van der Waals surface area contributed by atoms with E-state index >= 15 is 0 Å². The standard InChI is InChI=1S/C10H18N2O3/c1-9(2,7(11)13)12-10(8(14)15)5-3-4-6-10/h12H,3-6H2,1-2H3,(H2,11,13)(H,14,15). The Labute approximate surface area is 89.0 Å². The molecule has 0 bridgehead atoms. The summed E-state index contributed by atoms with van der Waals surface area (Å²) in [7, 11) is 0. The van der Waals surface area contributed by atoms with Gasteiger partial charge in [0, 0.05) is 0 Å². The summed E-state index contributed by atoms with van der Waals surface area (Å²) in [5, 5.41) is 12.1. The van der Waals surface area contributed by atoms with Crippen LogP contribution in [0.2, 0.25) is 0 Å². The van der Waals surface area contributed by atoms with Crippen LogP contribution in [0.4, 0.5) is 0 Å². The summed E-state index contributed by atoms with van der Waals surface area (Å²) in [5.74, 6) is -1.43. The van der Waals surface area contributed by atoms with E-state index in [-0.39, 0.29) is 0 Å². The number of rotatable bonds is 4. The Bertz CT molecular complexity index is 280. The normalized spacial score (nSPS) is 20.1. The Hall–Kier alpha value is -1.10. The van der Waals surface area contributed by atoms with Gasteiger partial charge in [0.1, 0.15) is 5.54 Å². The second-order valence-electron chi connectivity index (χ2n) is 4.71. The lowest BCUT2D eigenvalue weighted by molar-refractivity contribution is -0.146. The Balaban J connectivity index is 2.85. The monoisotopic (exact) mass is 214 g/mol. The molecule has 1 fully saturated rings. The van der Waals surface area contributed by atoms with Crippen LogP contribution >= 0.6 is 0 Å². The highest BCUT2D eigenvalue weighted by Crippen LogP contribution is 2.31. The maximum atomic E-state index is 11.2. The van der Waals surface area contributed by atoms with Crippen molar-refractivity contribution in [2.24, 2.45) is 5.73 Å². The first-order valence-corrected chi connectivity index (χ1v) is 5.13. The van der Waals surface area contributed by atoms with Crippen LogP contribution in [-0.4, -0.2) is 28.1 Å². The SMILES string of the molecule is CC(C)(NC1(C(=O)O)CCCC1)C(N)=O. The minimum absolute atomic E-state index is 0.532. The molecule has 86 valence electrons. The fourth-order valence-electron chi connectivity index (χ4n) is 2.03. The molecule has 1 rings (SSSR count). The van der Waals surface area contributed by atoms with Crippen LogP contribution < -0.4 is 11.1 Å². The minimum Gasteiger partial charge on any atom is -0.480 e. The van der Waals surface area contributed by atoms with E-state index in [2.05, 4.69) is 5.32 Å². The molecule has 0 aliphatic heterocycles. The highest BCUT2D eigenvalue weighted by Gasteiger charge is 2.45. The van der Waals surface area contributed by atoms with E-state index in [4.69, 9.17) is 5.73 Å². The van der Waals surface area contributed by atoms with E-state index in [9.17, 15) is 14.7 Å². The molecule has 0 aromatic heterocycles. The van der Waals surface area contributed by atoms with Gasteiger partial charge in [-0.1, -0.05) is 12.8 Å². The van der Waals surface area contributed by atoms with Crippen LogP contribution in [0.3, 0.4) is 0 Å². The first kappa shape index (κ1) is 12.0. The summed E-state index contributed by atoms with van der Waals surface area (Å²) >= 11 is 0. The lowest BCUT2D eigenvalue weighted by Crippen LogP contribution is -2.63. The number of carbonyl (C=O) groups is 2. The third-order valence-corrected chi connectivity index (χ3v) is 3.03. The molecule has 15 heavy (non-hydrogen) atoms. The maximum Gasteiger partial charge on any atom is 0.323 e. The van der Waals surface area contributed by atoms with Gasteiger partial charge in [-0.25, -0.2) is 0 Å². The molecule has 1 saturated carbocycles. The van der Waals surface area contributed by atoms with Crippen molar-refractivity contribution in [2.75, 3.05) is 0 Å². The highest BCUT2D eigenvalue weighted by atomic mass is 16.4. The van der Waals surface area contributed by atoms with Gasteiger partial charge in [0.05, 0.1) is 5.54 Å². The molecular weight excluding hydrogens is 196 g/mol. The fraction of sp³-hybridized carbons (Fsp3) is 0.800. The molecule has 0 unspecified atom stereocenters. The number of nitrogens with one attached hydrogen (secondary N) is 1. The van der Waals surface area contributed by atoms with Crippen LogP contribution in [0.15, 0.2) is 0 Å². The quantitative estimate of drug-likeness (QED) is 0.625. The first-order valence-electron chi connectivity index (χ1n) is 5.13. The molecular formula is C10H18N2O3. The van der Waals surface area contributed by atoms with Gasteiger partial charge in [-0.05, 0) is 26.7 Å². The topological polar surface area (TPSA) is 92.4 Å². The summed E-state index contributed by atoms with van der Waals surface area (Å²) in [4.78, 5) is 22.3. The summed E-state index contributed by atoms with van der Waals surface area (Å²) < 4.78 is 0. The molecule has 0 saturated heterocycles. The van der Waals surface area contributed by atoms with Gasteiger partial charge in [-0.15, -0.1) is 0 Å². The molecule has 1 aliphatic carbocycles. The van der Waals surface area contributed by atoms with Crippen molar-refractivity contribution in [1.82, 2.24) is 5.32 Å². The molecule has 0 heterocycles. The van der Waals surface area contributed by atoms with E-state index < -0.39 is 23.0 Å². The van der Waals surface area contributed by atoms with Crippen LogP contribution in [0.5, 0.6) is 0 Å². The minimum atomic E-state index is -0.983. The highest BCUT2D eigenvalue weighted by molar-refractivity contribution is 5.86. The van der Waals surface area contributed by atoms with Crippen molar-refractivity contribution in [1.29, 1.82) is 0 Å². The van der Waals surface area contributed by atoms with Crippen molar-refractivity contribution < 1.29 is 14.7 Å². The second-order valence-corrected chi connectivity index (χ2v) is 4.71. The van der Waals surface area contributed by atoms with Gasteiger partial charge in [0.15, 0.2) is 0 Å². The zero-order valence-corrected chi connectivity index (χ0v) is 9.17. The maximum absolute atomic E-state index is 11.2. The molecule has 0 aromatic rings. The van der Waals surface area contributed by atoms with Gasteiger partial charge in [0.2, 0.25) is 5.91 Å². The van der Waals surface area contributed by atoms with Crippen molar-refractivity contribution in [2.45, 2.75) is 50.6 Å². The first-order chi connectivity index (χ1) is 6.80. The van der Waals surface area contributed by atoms with E-state index in [1.807, 2.05) is 0 Å². The van der Waals surface area contributed by atoms with Gasteiger partial charge in [0.25, 0.3) is 0 Å². The summed E-state index contributed by atoms with van der Waals surface area (Å²) in [6.45, 7) is 3.22. The Morgan fingerprint density at radius 2 is 1.80 bits per heavy atom. The predicted molar refractivity (Wildman–Crippen MR) is 55.2 cm³/mol. The third kappa shape index (κ3) is 2.28. The summed E-state index contributed by atoms with van der Waals surface area (Å²) in [5.41, 5.74) is 3.26. The van der Waals surface area contributed by atoms with Crippen LogP contribution in [0.25, 0.3) is 0 Å². The second kappa shape index (κ2) is 3.81. The molecule has 1 amide bonds. The third-order valence-electron chi connectivity index (χ3n) is 3.03. The Morgan fingerprint density at radius 3 is 2.13 bits per heavy atom. The molecule has 4 N–H and O–H groups in total. The zero-order chi connectivity index (χ0) is 11.7. The van der Waals surface area contributed by atoms with Gasteiger partial charge in [-0.2, -0.15) is 0 Å². The van der Waals surface area contributed by atoms with E-state index in [0.29, 0.717) is 12.8 Å². The molecule has 0 atom stereocenters. The van der Waals surface area contributed by atoms with Gasteiger partial charge >= 0.3 is 5.97 Å². The fourth-order valence-corrected chi connectivity index (χ4v) is 2.03.